The Morgan fingerprint density at radius 2 is 1.92 bits per heavy atom. The van der Waals surface area contributed by atoms with E-state index in [9.17, 15) is 22.4 Å². The SMILES string of the molecule is O=C(O)c1nc2c(C(F)(F)F)cc(-c3cccc(F)c3)cn2c1Br. The molecule has 4 nitrogen and oxygen atoms in total. The Morgan fingerprint density at radius 3 is 2.50 bits per heavy atom. The lowest BCUT2D eigenvalue weighted by molar-refractivity contribution is -0.136. The molecular weight excluding hydrogens is 396 g/mol. The van der Waals surface area contributed by atoms with Gasteiger partial charge in [-0.25, -0.2) is 14.2 Å². The molecule has 0 aliphatic heterocycles. The van der Waals surface area contributed by atoms with E-state index in [0.717, 1.165) is 16.5 Å². The highest BCUT2D eigenvalue weighted by Crippen LogP contribution is 2.37. The Labute approximate surface area is 140 Å². The van der Waals surface area contributed by atoms with Crippen LogP contribution in [0.3, 0.4) is 0 Å². The Balaban J connectivity index is 2.38. The van der Waals surface area contributed by atoms with Crippen molar-refractivity contribution in [3.8, 4) is 11.1 Å². The van der Waals surface area contributed by atoms with Crippen molar-refractivity contribution in [2.75, 3.05) is 0 Å². The Bertz CT molecular complexity index is 966. The minimum absolute atomic E-state index is 0.0735. The monoisotopic (exact) mass is 402 g/mol. The summed E-state index contributed by atoms with van der Waals surface area (Å²) in [5.74, 6) is -2.07. The van der Waals surface area contributed by atoms with Crippen molar-refractivity contribution in [2.24, 2.45) is 0 Å². The number of imidazole rings is 1. The number of carbonyl (C=O) groups is 1. The maximum Gasteiger partial charge on any atom is 0.420 e. The van der Waals surface area contributed by atoms with Gasteiger partial charge < -0.3 is 5.11 Å². The van der Waals surface area contributed by atoms with Crippen molar-refractivity contribution in [1.29, 1.82) is 0 Å². The first-order valence-corrected chi connectivity index (χ1v) is 7.26. The molecule has 0 fully saturated rings. The number of aromatic carboxylic acids is 1. The van der Waals surface area contributed by atoms with E-state index in [4.69, 9.17) is 5.11 Å². The fourth-order valence-corrected chi connectivity index (χ4v) is 2.82. The van der Waals surface area contributed by atoms with E-state index in [0.29, 0.717) is 0 Å². The first kappa shape index (κ1) is 16.4. The largest absolute Gasteiger partial charge is 0.476 e. The summed E-state index contributed by atoms with van der Waals surface area (Å²) in [7, 11) is 0. The summed E-state index contributed by atoms with van der Waals surface area (Å²) in [6, 6.07) is 5.89. The number of carboxylic acids is 1. The smallest absolute Gasteiger partial charge is 0.420 e. The number of benzene rings is 1. The van der Waals surface area contributed by atoms with Crippen molar-refractivity contribution in [2.45, 2.75) is 6.18 Å². The van der Waals surface area contributed by atoms with Crippen LogP contribution in [-0.2, 0) is 6.18 Å². The zero-order chi connectivity index (χ0) is 17.6. The predicted molar refractivity (Wildman–Crippen MR) is 80.2 cm³/mol. The number of fused-ring (bicyclic) bond motifs is 1. The molecule has 0 saturated carbocycles. The van der Waals surface area contributed by atoms with Crippen LogP contribution in [0.5, 0.6) is 0 Å². The molecule has 2 heterocycles. The maximum atomic E-state index is 13.4. The van der Waals surface area contributed by atoms with Gasteiger partial charge in [0.15, 0.2) is 11.3 Å². The molecule has 0 amide bonds. The van der Waals surface area contributed by atoms with Gasteiger partial charge in [0.2, 0.25) is 0 Å². The molecule has 0 unspecified atom stereocenters. The van der Waals surface area contributed by atoms with Gasteiger partial charge in [-0.1, -0.05) is 12.1 Å². The molecule has 0 saturated heterocycles. The number of hydrogen-bond donors (Lipinski definition) is 1. The molecule has 0 bridgehead atoms. The second-order valence-corrected chi connectivity index (χ2v) is 5.65. The number of hydrogen-bond acceptors (Lipinski definition) is 2. The highest BCUT2D eigenvalue weighted by Gasteiger charge is 2.36. The zero-order valence-corrected chi connectivity index (χ0v) is 13.2. The van der Waals surface area contributed by atoms with Crippen molar-refractivity contribution < 1.29 is 27.5 Å². The lowest BCUT2D eigenvalue weighted by Crippen LogP contribution is -2.08. The average Bonchev–Trinajstić information content (AvgIpc) is 2.83. The molecule has 2 aromatic heterocycles. The van der Waals surface area contributed by atoms with Gasteiger partial charge >= 0.3 is 12.1 Å². The van der Waals surface area contributed by atoms with Gasteiger partial charge in [-0.2, -0.15) is 13.2 Å². The molecule has 3 rings (SSSR count). The lowest BCUT2D eigenvalue weighted by Gasteiger charge is -2.11. The normalized spacial score (nSPS) is 11.9. The quantitative estimate of drug-likeness (QED) is 0.636. The molecule has 24 heavy (non-hydrogen) atoms. The molecule has 0 spiro atoms. The number of nitrogens with zero attached hydrogens (tertiary/aromatic N) is 2. The second kappa shape index (κ2) is 5.59. The van der Waals surface area contributed by atoms with Gasteiger partial charge in [-0.05, 0) is 45.3 Å². The Hall–Kier alpha value is -2.42. The van der Waals surface area contributed by atoms with E-state index >= 15 is 0 Å². The standard InChI is InChI=1S/C15H7BrF4N2O2/c16-12-11(14(23)24)21-13-10(15(18,19)20)5-8(6-22(12)13)7-2-1-3-9(17)4-7/h1-6H,(H,23,24). The van der Waals surface area contributed by atoms with Crippen LogP contribution in [0, 0.1) is 5.82 Å². The van der Waals surface area contributed by atoms with Gasteiger partial charge in [0, 0.05) is 6.20 Å². The molecule has 1 N–H and O–H groups in total. The third-order valence-corrected chi connectivity index (χ3v) is 4.09. The number of carboxylic acid groups (broad SMARTS) is 1. The summed E-state index contributed by atoms with van der Waals surface area (Å²) >= 11 is 2.95. The zero-order valence-electron chi connectivity index (χ0n) is 11.6. The summed E-state index contributed by atoms with van der Waals surface area (Å²) in [4.78, 5) is 14.7. The van der Waals surface area contributed by atoms with E-state index in [2.05, 4.69) is 20.9 Å². The summed E-state index contributed by atoms with van der Waals surface area (Å²) < 4.78 is 54.2. The third kappa shape index (κ3) is 2.75. The summed E-state index contributed by atoms with van der Waals surface area (Å²) in [5.41, 5.74) is -1.91. The second-order valence-electron chi connectivity index (χ2n) is 4.90. The summed E-state index contributed by atoms with van der Waals surface area (Å²) in [6.07, 6.45) is -3.49. The fourth-order valence-electron chi connectivity index (χ4n) is 2.29. The molecule has 124 valence electrons. The minimum atomic E-state index is -4.76. The first-order valence-electron chi connectivity index (χ1n) is 6.46. The van der Waals surface area contributed by atoms with Crippen LogP contribution in [0.2, 0.25) is 0 Å². The van der Waals surface area contributed by atoms with Crippen LogP contribution in [0.1, 0.15) is 16.1 Å². The number of halogens is 5. The van der Waals surface area contributed by atoms with E-state index in [-0.39, 0.29) is 15.7 Å². The van der Waals surface area contributed by atoms with E-state index in [1.165, 1.54) is 24.4 Å². The van der Waals surface area contributed by atoms with E-state index < -0.39 is 34.9 Å². The van der Waals surface area contributed by atoms with Gasteiger partial charge in [0.25, 0.3) is 0 Å². The van der Waals surface area contributed by atoms with Crippen molar-refractivity contribution in [1.82, 2.24) is 9.38 Å². The van der Waals surface area contributed by atoms with Crippen molar-refractivity contribution >= 4 is 27.5 Å². The minimum Gasteiger partial charge on any atom is -0.476 e. The van der Waals surface area contributed by atoms with Crippen molar-refractivity contribution in [3.63, 3.8) is 0 Å². The predicted octanol–water partition coefficient (Wildman–Crippen LogP) is 4.62. The molecule has 0 radical (unpaired) electrons. The molecule has 0 aliphatic rings. The van der Waals surface area contributed by atoms with Gasteiger partial charge in [0.1, 0.15) is 10.4 Å². The number of pyridine rings is 1. The lowest BCUT2D eigenvalue weighted by atomic mass is 10.1. The first-order chi connectivity index (χ1) is 11.2. The third-order valence-electron chi connectivity index (χ3n) is 3.33. The molecule has 0 atom stereocenters. The highest BCUT2D eigenvalue weighted by atomic mass is 79.9. The molecule has 9 heteroatoms. The van der Waals surface area contributed by atoms with Crippen molar-refractivity contribution in [3.05, 3.63) is 58.2 Å². The average molecular weight is 403 g/mol. The summed E-state index contributed by atoms with van der Waals surface area (Å²) in [6.45, 7) is 0. The topological polar surface area (TPSA) is 54.6 Å². The van der Waals surface area contributed by atoms with Crippen LogP contribution in [0.25, 0.3) is 16.8 Å². The van der Waals surface area contributed by atoms with Crippen LogP contribution in [-0.4, -0.2) is 20.5 Å². The molecule has 0 aliphatic carbocycles. The van der Waals surface area contributed by atoms with E-state index in [1.807, 2.05) is 0 Å². The molecular formula is C15H7BrF4N2O2. The molecule has 1 aromatic carbocycles. The van der Waals surface area contributed by atoms with Gasteiger partial charge in [-0.15, -0.1) is 0 Å². The van der Waals surface area contributed by atoms with Gasteiger partial charge in [0.05, 0.1) is 5.56 Å². The number of rotatable bonds is 2. The van der Waals surface area contributed by atoms with Crippen LogP contribution < -0.4 is 0 Å². The molecule has 3 aromatic rings. The number of aromatic nitrogens is 2. The van der Waals surface area contributed by atoms with Crippen LogP contribution in [0.4, 0.5) is 17.6 Å². The Morgan fingerprint density at radius 1 is 1.21 bits per heavy atom. The summed E-state index contributed by atoms with van der Waals surface area (Å²) in [5, 5.41) is 9.05. The van der Waals surface area contributed by atoms with E-state index in [1.54, 1.807) is 0 Å². The Kier molecular flexibility index (Phi) is 3.83. The fraction of sp³-hybridized carbons (Fsp3) is 0.0667. The van der Waals surface area contributed by atoms with Gasteiger partial charge in [-0.3, -0.25) is 4.40 Å². The maximum absolute atomic E-state index is 13.4. The number of alkyl halides is 3. The van der Waals surface area contributed by atoms with Crippen LogP contribution >= 0.6 is 15.9 Å². The highest BCUT2D eigenvalue weighted by molar-refractivity contribution is 9.10. The van der Waals surface area contributed by atoms with Crippen LogP contribution in [0.15, 0.2) is 41.1 Å².